The van der Waals surface area contributed by atoms with E-state index in [9.17, 15) is 9.90 Å². The molecule has 0 aliphatic heterocycles. The number of carbonyl (C=O) groups is 1. The van der Waals surface area contributed by atoms with Crippen LogP contribution in [0.15, 0.2) is 0 Å². The Labute approximate surface area is 329 Å². The summed E-state index contributed by atoms with van der Waals surface area (Å²) < 4.78 is 0. The fourth-order valence-corrected chi connectivity index (χ4v) is 8.21. The highest BCUT2D eigenvalue weighted by atomic mass is 16.4. The van der Waals surface area contributed by atoms with Crippen LogP contribution in [0.1, 0.15) is 290 Å². The van der Waals surface area contributed by atoms with Crippen LogP contribution in [0.4, 0.5) is 0 Å². The minimum Gasteiger partial charge on any atom is -0.481 e. The van der Waals surface area contributed by atoms with Crippen LogP contribution in [-0.4, -0.2) is 35.1 Å². The molecule has 0 heterocycles. The summed E-state index contributed by atoms with van der Waals surface area (Å²) >= 11 is 0. The molecular formula is C49H99NO2. The van der Waals surface area contributed by atoms with Gasteiger partial charge in [0.1, 0.15) is 0 Å². The third-order valence-electron chi connectivity index (χ3n) is 12.0. The maximum Gasteiger partial charge on any atom is 0.303 e. The highest BCUT2D eigenvalue weighted by Crippen LogP contribution is 2.18. The lowest BCUT2D eigenvalue weighted by atomic mass is 10.0. The molecule has 0 amide bonds. The van der Waals surface area contributed by atoms with Gasteiger partial charge in [0.2, 0.25) is 0 Å². The fourth-order valence-electron chi connectivity index (χ4n) is 8.21. The minimum atomic E-state index is -0.649. The predicted molar refractivity (Wildman–Crippen MR) is 234 cm³/mol. The van der Waals surface area contributed by atoms with Crippen LogP contribution in [0.3, 0.4) is 0 Å². The lowest BCUT2D eigenvalue weighted by Gasteiger charge is -2.29. The third-order valence-corrected chi connectivity index (χ3v) is 12.0. The van der Waals surface area contributed by atoms with Gasteiger partial charge in [-0.05, 0) is 39.3 Å². The van der Waals surface area contributed by atoms with Crippen molar-refractivity contribution in [1.82, 2.24) is 4.90 Å². The third kappa shape index (κ3) is 42.2. The van der Waals surface area contributed by atoms with Gasteiger partial charge in [0.25, 0.3) is 0 Å². The Bertz CT molecular complexity index is 622. The highest BCUT2D eigenvalue weighted by molar-refractivity contribution is 5.66. The molecule has 312 valence electrons. The van der Waals surface area contributed by atoms with Crippen molar-refractivity contribution in [3.8, 4) is 0 Å². The lowest BCUT2D eigenvalue weighted by Crippen LogP contribution is -2.35. The van der Waals surface area contributed by atoms with Gasteiger partial charge in [0.15, 0.2) is 0 Å². The molecule has 0 radical (unpaired) electrons. The van der Waals surface area contributed by atoms with Gasteiger partial charge in [0.05, 0.1) is 0 Å². The van der Waals surface area contributed by atoms with Gasteiger partial charge in [-0.1, -0.05) is 258 Å². The standard InChI is InChI=1S/C49H99NO2/c1-4-6-8-10-12-14-16-18-20-22-24-26-28-30-32-34-36-38-40-42-46-50(48(3)44-45-49(51)52)47-43-41-39-37-35-33-31-29-27-25-23-21-19-17-15-13-11-9-7-5-2/h48H,4-47H2,1-3H3,(H,51,52). The molecule has 0 fully saturated rings. The summed E-state index contributed by atoms with van der Waals surface area (Å²) in [6, 6.07) is 0.386. The van der Waals surface area contributed by atoms with Crippen LogP contribution in [0.2, 0.25) is 0 Å². The molecule has 0 aromatic heterocycles. The zero-order valence-electron chi connectivity index (χ0n) is 36.5. The van der Waals surface area contributed by atoms with E-state index in [1.165, 1.54) is 257 Å². The van der Waals surface area contributed by atoms with Crippen molar-refractivity contribution in [2.75, 3.05) is 13.1 Å². The molecular weight excluding hydrogens is 635 g/mol. The van der Waals surface area contributed by atoms with Gasteiger partial charge in [-0.15, -0.1) is 0 Å². The number of carboxylic acids is 1. The van der Waals surface area contributed by atoms with Gasteiger partial charge in [-0.3, -0.25) is 4.79 Å². The van der Waals surface area contributed by atoms with E-state index in [-0.39, 0.29) is 0 Å². The van der Waals surface area contributed by atoms with Crippen molar-refractivity contribution < 1.29 is 9.90 Å². The molecule has 0 rings (SSSR count). The number of rotatable bonds is 46. The van der Waals surface area contributed by atoms with Crippen molar-refractivity contribution in [3.63, 3.8) is 0 Å². The van der Waals surface area contributed by atoms with E-state index in [4.69, 9.17) is 0 Å². The normalized spacial score (nSPS) is 12.3. The first-order chi connectivity index (χ1) is 25.6. The minimum absolute atomic E-state index is 0.302. The van der Waals surface area contributed by atoms with Gasteiger partial charge in [-0.25, -0.2) is 0 Å². The number of hydrogen-bond donors (Lipinski definition) is 1. The van der Waals surface area contributed by atoms with Crippen LogP contribution in [0.25, 0.3) is 0 Å². The molecule has 0 bridgehead atoms. The number of aliphatic carboxylic acids is 1. The molecule has 1 N–H and O–H groups in total. The average molecular weight is 734 g/mol. The Morgan fingerprint density at radius 2 is 0.558 bits per heavy atom. The maximum atomic E-state index is 11.2. The van der Waals surface area contributed by atoms with E-state index >= 15 is 0 Å². The van der Waals surface area contributed by atoms with Gasteiger partial charge < -0.3 is 10.0 Å². The summed E-state index contributed by atoms with van der Waals surface area (Å²) in [5.41, 5.74) is 0. The second-order valence-corrected chi connectivity index (χ2v) is 17.3. The predicted octanol–water partition coefficient (Wildman–Crippen LogP) is 17.2. The summed E-state index contributed by atoms with van der Waals surface area (Å²) in [7, 11) is 0. The molecule has 1 unspecified atom stereocenters. The van der Waals surface area contributed by atoms with Gasteiger partial charge >= 0.3 is 5.97 Å². The largest absolute Gasteiger partial charge is 0.481 e. The molecule has 52 heavy (non-hydrogen) atoms. The molecule has 0 aliphatic carbocycles. The van der Waals surface area contributed by atoms with Crippen LogP contribution < -0.4 is 0 Å². The molecule has 0 aromatic rings. The molecule has 0 saturated carbocycles. The summed E-state index contributed by atoms with van der Waals surface area (Å²) in [6.07, 6.45) is 58.0. The number of carboxylic acid groups (broad SMARTS) is 1. The van der Waals surface area contributed by atoms with E-state index in [1.54, 1.807) is 0 Å². The van der Waals surface area contributed by atoms with Crippen LogP contribution in [0, 0.1) is 0 Å². The topological polar surface area (TPSA) is 40.5 Å². The molecule has 3 nitrogen and oxygen atoms in total. The van der Waals surface area contributed by atoms with E-state index in [0.29, 0.717) is 12.5 Å². The molecule has 0 aliphatic rings. The molecule has 0 saturated heterocycles. The molecule has 0 spiro atoms. The summed E-state index contributed by atoms with van der Waals surface area (Å²) in [4.78, 5) is 13.8. The second kappa shape index (κ2) is 44.8. The molecule has 1 atom stereocenters. The van der Waals surface area contributed by atoms with Crippen molar-refractivity contribution in [2.45, 2.75) is 296 Å². The number of nitrogens with zero attached hydrogens (tertiary/aromatic N) is 1. The molecule has 0 aromatic carbocycles. The second-order valence-electron chi connectivity index (χ2n) is 17.3. The Morgan fingerprint density at radius 3 is 0.750 bits per heavy atom. The Balaban J connectivity index is 3.67. The first-order valence-corrected chi connectivity index (χ1v) is 24.6. The Morgan fingerprint density at radius 1 is 0.365 bits per heavy atom. The Hall–Kier alpha value is -0.570. The van der Waals surface area contributed by atoms with Crippen molar-refractivity contribution in [3.05, 3.63) is 0 Å². The van der Waals surface area contributed by atoms with E-state index in [2.05, 4.69) is 25.7 Å². The first kappa shape index (κ1) is 51.4. The monoisotopic (exact) mass is 734 g/mol. The quantitative estimate of drug-likeness (QED) is 0.0633. The first-order valence-electron chi connectivity index (χ1n) is 24.6. The zero-order chi connectivity index (χ0) is 37.8. The van der Waals surface area contributed by atoms with Crippen LogP contribution in [0.5, 0.6) is 0 Å². The van der Waals surface area contributed by atoms with Gasteiger partial charge in [-0.2, -0.15) is 0 Å². The van der Waals surface area contributed by atoms with E-state index < -0.39 is 5.97 Å². The zero-order valence-corrected chi connectivity index (χ0v) is 36.5. The number of hydrogen-bond acceptors (Lipinski definition) is 2. The Kier molecular flexibility index (Phi) is 44.3. The van der Waals surface area contributed by atoms with Crippen LogP contribution >= 0.6 is 0 Å². The van der Waals surface area contributed by atoms with E-state index in [1.807, 2.05) is 0 Å². The average Bonchev–Trinajstić information content (AvgIpc) is 3.14. The van der Waals surface area contributed by atoms with Crippen LogP contribution in [-0.2, 0) is 4.79 Å². The van der Waals surface area contributed by atoms with Crippen molar-refractivity contribution >= 4 is 5.97 Å². The summed E-state index contributed by atoms with van der Waals surface area (Å²) in [5.74, 6) is -0.649. The highest BCUT2D eigenvalue weighted by Gasteiger charge is 2.14. The fraction of sp³-hybridized carbons (Fsp3) is 0.980. The van der Waals surface area contributed by atoms with Crippen molar-refractivity contribution in [1.29, 1.82) is 0 Å². The van der Waals surface area contributed by atoms with Gasteiger partial charge in [0, 0.05) is 12.5 Å². The lowest BCUT2D eigenvalue weighted by molar-refractivity contribution is -0.137. The van der Waals surface area contributed by atoms with Crippen molar-refractivity contribution in [2.24, 2.45) is 0 Å². The summed E-state index contributed by atoms with van der Waals surface area (Å²) in [6.45, 7) is 9.17. The smallest absolute Gasteiger partial charge is 0.303 e. The SMILES string of the molecule is CCCCCCCCCCCCCCCCCCCCCCN(CCCCCCCCCCCCCCCCCCCCCC)C(C)CCC(=O)O. The molecule has 3 heteroatoms. The van der Waals surface area contributed by atoms with E-state index in [0.717, 1.165) is 19.5 Å². The number of unbranched alkanes of at least 4 members (excludes halogenated alkanes) is 38. The summed E-state index contributed by atoms with van der Waals surface area (Å²) in [5, 5.41) is 9.23. The maximum absolute atomic E-state index is 11.2.